The van der Waals surface area contributed by atoms with E-state index in [0.29, 0.717) is 26.2 Å². The van der Waals surface area contributed by atoms with Crippen LogP contribution >= 0.6 is 0 Å². The molecule has 256 valence electrons. The van der Waals surface area contributed by atoms with Gasteiger partial charge in [-0.2, -0.15) is 0 Å². The maximum Gasteiger partial charge on any atom is 2.00 e. The molecule has 2 rings (SSSR count). The van der Waals surface area contributed by atoms with E-state index < -0.39 is 30.7 Å². The van der Waals surface area contributed by atoms with Crippen LogP contribution in [0, 0.1) is 30.7 Å². The largest absolute Gasteiger partial charge is 2.00 e. The molecule has 0 unspecified atom stereocenters. The third kappa shape index (κ3) is 67.4. The smallest absolute Gasteiger partial charge is 0.437 e. The molecule has 0 amide bonds. The number of H-pyrrole nitrogens is 1. The molecule has 29 heteroatoms. The van der Waals surface area contributed by atoms with E-state index in [1.54, 1.807) is 0 Å². The van der Waals surface area contributed by atoms with Crippen LogP contribution in [-0.4, -0.2) is 67.3 Å². The minimum atomic E-state index is -4.94. The number of halogens is 3. The zero-order chi connectivity index (χ0) is 32.4. The van der Waals surface area contributed by atoms with Crippen molar-refractivity contribution in [1.82, 2.24) is 30.6 Å². The number of aromatic amines is 1. The average Bonchev–Trinajstić information content (AvgIpc) is 3.21. The molecule has 42 heavy (non-hydrogen) atoms. The molecule has 0 bridgehead atoms. The minimum Gasteiger partial charge on any atom is -0.437 e. The molecule has 2 aromatic rings. The number of hydrogen-bond acceptors (Lipinski definition) is 22. The van der Waals surface area contributed by atoms with Gasteiger partial charge in [0.25, 0.3) is 5.56 Å². The normalized spacial score (nSPS) is 10.2. The quantitative estimate of drug-likeness (QED) is 0.114. The van der Waals surface area contributed by atoms with Gasteiger partial charge < -0.3 is 49.3 Å². The van der Waals surface area contributed by atoms with Crippen molar-refractivity contribution in [2.45, 2.75) is 0 Å². The summed E-state index contributed by atoms with van der Waals surface area (Å²) in [7, 11) is -14.8. The number of nitrogens with zero attached hydrogens (tertiary/aromatic N) is 3. The van der Waals surface area contributed by atoms with Gasteiger partial charge in [0, 0.05) is 57.9 Å². The Bertz CT molecular complexity index is 825. The second kappa shape index (κ2) is 32.1. The van der Waals surface area contributed by atoms with Crippen LogP contribution in [0.5, 0.6) is 0 Å². The van der Waals surface area contributed by atoms with E-state index in [9.17, 15) is 4.79 Å². The van der Waals surface area contributed by atoms with Gasteiger partial charge in [0.15, 0.2) is 0 Å². The van der Waals surface area contributed by atoms with Crippen LogP contribution in [0.3, 0.4) is 0 Å². The van der Waals surface area contributed by atoms with Crippen LogP contribution in [0.4, 0.5) is 5.95 Å². The first-order valence-corrected chi connectivity index (χ1v) is 13.5. The third-order valence-corrected chi connectivity index (χ3v) is 2.55. The average molecular weight is 1040 g/mol. The van der Waals surface area contributed by atoms with Gasteiger partial charge >= 0.3 is 42.1 Å². The summed E-state index contributed by atoms with van der Waals surface area (Å²) in [5.41, 5.74) is 26.1. The third-order valence-electron chi connectivity index (χ3n) is 2.55. The summed E-state index contributed by atoms with van der Waals surface area (Å²) in [5.74, 6) is 0.0583. The Morgan fingerprint density at radius 2 is 0.976 bits per heavy atom. The Kier molecular flexibility index (Phi) is 41.4. The maximum absolute atomic E-state index is 11.0. The van der Waals surface area contributed by atoms with Crippen molar-refractivity contribution < 1.29 is 129 Å². The van der Waals surface area contributed by atoms with E-state index in [1.165, 1.54) is 6.33 Å². The van der Waals surface area contributed by atoms with Crippen LogP contribution in [0.2, 0.25) is 0 Å². The molecule has 0 aromatic carbocycles. The molecule has 2 aromatic heterocycles. The van der Waals surface area contributed by atoms with Crippen molar-refractivity contribution in [3.05, 3.63) is 16.7 Å². The van der Waals surface area contributed by atoms with E-state index >= 15 is 0 Å². The van der Waals surface area contributed by atoms with Crippen molar-refractivity contribution in [1.29, 1.82) is 0 Å². The number of nitrogen functional groups attached to an aromatic ring is 1. The number of anilines is 1. The molecule has 0 atom stereocenters. The van der Waals surface area contributed by atoms with E-state index in [-0.39, 0.29) is 64.8 Å². The fraction of sp³-hybridized carbons (Fsp3) is 0.615. The van der Waals surface area contributed by atoms with Gasteiger partial charge in [-0.1, -0.05) is 6.33 Å². The van der Waals surface area contributed by atoms with Gasteiger partial charge in [-0.15, -0.1) is 30.7 Å². The predicted octanol–water partition coefficient (Wildman–Crippen LogP) is -18.4. The molecule has 0 aliphatic carbocycles. The molecule has 0 aliphatic heterocycles. The zero-order valence-electron chi connectivity index (χ0n) is 21.0. The summed E-state index contributed by atoms with van der Waals surface area (Å²) in [6, 6.07) is 0. The predicted molar refractivity (Wildman–Crippen MR) is 99.8 cm³/mol. The van der Waals surface area contributed by atoms with Crippen LogP contribution in [0.15, 0.2) is 11.1 Å². The Morgan fingerprint density at radius 1 is 0.690 bits per heavy atom. The standard InChI is InChI=1S/C5H5N5O.2C4H13N3.3ClHO4.2Pt/c6-5-9-3-2(4(11)10-5)7-1-8-3;2*5-1-3-7-4-2-6;3*2-1(3,4)5;;/h1H,(H4,6,7,8,9,10,11);2*7H,1-6H2;3*(H,2,3,4,5);;/q;;;;;;2*+2/p-4. The van der Waals surface area contributed by atoms with Crippen molar-refractivity contribution in [2.24, 2.45) is 22.9 Å². The van der Waals surface area contributed by atoms with Crippen molar-refractivity contribution in [3.8, 4) is 0 Å². The number of aromatic nitrogens is 4. The van der Waals surface area contributed by atoms with E-state index in [4.69, 9.17) is 84.6 Å². The van der Waals surface area contributed by atoms with Crippen molar-refractivity contribution >= 4 is 17.1 Å². The van der Waals surface area contributed by atoms with E-state index in [2.05, 4.69) is 30.6 Å². The summed E-state index contributed by atoms with van der Waals surface area (Å²) in [6.45, 7) is 6.27. The molecule has 2 heterocycles. The van der Waals surface area contributed by atoms with Crippen LogP contribution in [0.25, 0.3) is 11.2 Å². The maximum atomic E-state index is 11.0. The van der Waals surface area contributed by atoms with Gasteiger partial charge in [-0.3, -0.25) is 9.78 Å². The number of nitrogens with one attached hydrogen (secondary N) is 3. The first kappa shape index (κ1) is 54.2. The fourth-order valence-corrected chi connectivity index (χ4v) is 1.48. The molecule has 0 aliphatic rings. The van der Waals surface area contributed by atoms with Gasteiger partial charge in [-0.05, 0) is 0 Å². The van der Waals surface area contributed by atoms with Crippen LogP contribution in [-0.2, 0) is 42.1 Å². The molecule has 13 N–H and O–H groups in total. The summed E-state index contributed by atoms with van der Waals surface area (Å²) in [5, 5.41) is 6.07. The number of hydrogen-bond donors (Lipinski definition) is 8. The second-order valence-electron chi connectivity index (χ2n) is 5.79. The molecule has 0 saturated carbocycles. The Labute approximate surface area is 273 Å². The van der Waals surface area contributed by atoms with Gasteiger partial charge in [0.1, 0.15) is 0 Å². The van der Waals surface area contributed by atoms with Crippen LogP contribution < -0.4 is 106 Å². The monoisotopic (exact) mass is 1040 g/mol. The fourth-order valence-electron chi connectivity index (χ4n) is 1.48. The molecular weight excluding hydrogens is 1010 g/mol. The second-order valence-corrected chi connectivity index (χ2v) is 8.05. The van der Waals surface area contributed by atoms with E-state index in [0.717, 1.165) is 26.2 Å². The van der Waals surface area contributed by atoms with Gasteiger partial charge in [0.2, 0.25) is 5.95 Å². The molecular formula is C13H30Cl3N11O13Pt2. The zero-order valence-corrected chi connectivity index (χ0v) is 27.8. The summed E-state index contributed by atoms with van der Waals surface area (Å²) in [6.07, 6.45) is 1.27. The number of imidazole rings is 1. The number of rotatable bonds is 8. The summed E-state index contributed by atoms with van der Waals surface area (Å²) < 4.78 is 102. The van der Waals surface area contributed by atoms with E-state index in [1.807, 2.05) is 0 Å². The Hall–Kier alpha value is -0.323. The molecule has 0 radical (unpaired) electrons. The van der Waals surface area contributed by atoms with Crippen LogP contribution in [0.1, 0.15) is 0 Å². The Morgan fingerprint density at radius 3 is 1.24 bits per heavy atom. The number of nitrogens with two attached hydrogens (primary N) is 5. The first-order valence-electron chi connectivity index (χ1n) is 9.80. The Balaban J connectivity index is -0.0000000949. The molecule has 0 saturated heterocycles. The summed E-state index contributed by atoms with van der Waals surface area (Å²) in [4.78, 5) is 24.4. The SMILES string of the molecule is NCCNCCN.NCCNCCN.Nc1nc2nc[n-]c2c(=O)[nH]1.[O-][Cl+3]([O-])([O-])[O-].[O-][Cl+3]([O-])([O-])[O-].[O-][Cl+3]([O-])([O-])[O-].[Pt+2].[Pt+2]. The van der Waals surface area contributed by atoms with Gasteiger partial charge in [0.05, 0.1) is 5.65 Å². The summed E-state index contributed by atoms with van der Waals surface area (Å²) >= 11 is 0. The van der Waals surface area contributed by atoms with Crippen molar-refractivity contribution in [3.63, 3.8) is 0 Å². The topological polar surface area (TPSA) is 504 Å². The molecule has 24 nitrogen and oxygen atoms in total. The van der Waals surface area contributed by atoms with Crippen molar-refractivity contribution in [2.75, 3.05) is 58.1 Å². The number of fused-ring (bicyclic) bond motifs is 1. The first-order chi connectivity index (χ1) is 18.1. The minimum absolute atomic E-state index is 0. The van der Waals surface area contributed by atoms with Gasteiger partial charge in [-0.25, -0.2) is 60.9 Å². The molecule has 0 fully saturated rings. The molecule has 0 spiro atoms.